The molecular weight excluding hydrogens is 352 g/mol. The van der Waals surface area contributed by atoms with Crippen molar-refractivity contribution in [3.05, 3.63) is 29.8 Å². The molecule has 0 amide bonds. The summed E-state index contributed by atoms with van der Waals surface area (Å²) in [5.41, 5.74) is 1.74. The van der Waals surface area contributed by atoms with Gasteiger partial charge in [0.2, 0.25) is 5.88 Å². The Bertz CT molecular complexity index is 825. The number of hydrogen-bond donors (Lipinski definition) is 1. The van der Waals surface area contributed by atoms with Crippen LogP contribution in [0.3, 0.4) is 0 Å². The molecule has 2 bridgehead atoms. The van der Waals surface area contributed by atoms with Crippen LogP contribution < -0.4 is 9.47 Å². The molecule has 5 rings (SSSR count). The van der Waals surface area contributed by atoms with Crippen molar-refractivity contribution in [2.45, 2.75) is 51.7 Å². The van der Waals surface area contributed by atoms with Crippen LogP contribution in [0.25, 0.3) is 10.9 Å². The number of benzene rings is 1. The highest BCUT2D eigenvalue weighted by atomic mass is 16.5. The molecule has 0 aliphatic carbocycles. The van der Waals surface area contributed by atoms with E-state index in [1.807, 2.05) is 24.3 Å². The first-order valence-electron chi connectivity index (χ1n) is 10.7. The maximum absolute atomic E-state index is 11.5. The number of piperidine rings is 3. The number of aliphatic hydroxyl groups excluding tert-OH is 1. The topological polar surface area (TPSA) is 54.8 Å². The second-order valence-electron chi connectivity index (χ2n) is 8.24. The van der Waals surface area contributed by atoms with Crippen LogP contribution in [0.1, 0.15) is 51.2 Å². The van der Waals surface area contributed by atoms with E-state index in [-0.39, 0.29) is 6.04 Å². The van der Waals surface area contributed by atoms with E-state index in [1.165, 1.54) is 12.8 Å². The molecule has 1 aromatic carbocycles. The molecular formula is C23H32N2O3. The van der Waals surface area contributed by atoms with E-state index in [1.54, 1.807) is 7.11 Å². The molecule has 3 aliphatic heterocycles. The minimum absolute atomic E-state index is 0.164. The van der Waals surface area contributed by atoms with Crippen molar-refractivity contribution < 1.29 is 14.6 Å². The lowest BCUT2D eigenvalue weighted by Gasteiger charge is -2.51. The number of hydrogen-bond acceptors (Lipinski definition) is 5. The fourth-order valence-electron chi connectivity index (χ4n) is 5.04. The lowest BCUT2D eigenvalue weighted by Crippen LogP contribution is -2.55. The fraction of sp³-hybridized carbons (Fsp3) is 0.609. The zero-order chi connectivity index (χ0) is 19.7. The molecule has 3 fully saturated rings. The van der Waals surface area contributed by atoms with Gasteiger partial charge in [0.05, 0.1) is 25.3 Å². The second kappa shape index (κ2) is 8.26. The summed E-state index contributed by atoms with van der Waals surface area (Å²) in [7, 11) is 1.67. The molecule has 1 N–H and O–H groups in total. The highest BCUT2D eigenvalue weighted by Crippen LogP contribution is 2.43. The van der Waals surface area contributed by atoms with Gasteiger partial charge in [-0.1, -0.05) is 20.3 Å². The zero-order valence-corrected chi connectivity index (χ0v) is 17.2. The molecule has 5 nitrogen and oxygen atoms in total. The van der Waals surface area contributed by atoms with E-state index in [9.17, 15) is 5.11 Å². The first-order valence-corrected chi connectivity index (χ1v) is 10.7. The monoisotopic (exact) mass is 384 g/mol. The Morgan fingerprint density at radius 1 is 1.29 bits per heavy atom. The lowest BCUT2D eigenvalue weighted by atomic mass is 9.72. The fourth-order valence-corrected chi connectivity index (χ4v) is 5.04. The van der Waals surface area contributed by atoms with Crippen molar-refractivity contribution in [3.8, 4) is 11.6 Å². The molecule has 152 valence electrons. The number of ether oxygens (including phenoxy) is 2. The number of rotatable bonds is 7. The first kappa shape index (κ1) is 19.5. The summed E-state index contributed by atoms with van der Waals surface area (Å²) in [6, 6.07) is 7.94. The molecule has 3 aliphatic rings. The van der Waals surface area contributed by atoms with E-state index in [0.29, 0.717) is 12.5 Å². The molecule has 2 unspecified atom stereocenters. The van der Waals surface area contributed by atoms with E-state index < -0.39 is 6.10 Å². The van der Waals surface area contributed by atoms with Gasteiger partial charge in [-0.15, -0.1) is 0 Å². The van der Waals surface area contributed by atoms with Crippen LogP contribution in [0.4, 0.5) is 0 Å². The van der Waals surface area contributed by atoms with Gasteiger partial charge in [0.1, 0.15) is 5.75 Å². The Morgan fingerprint density at radius 3 is 2.82 bits per heavy atom. The molecule has 5 heteroatoms. The summed E-state index contributed by atoms with van der Waals surface area (Å²) in [6.45, 7) is 7.19. The summed E-state index contributed by atoms with van der Waals surface area (Å²) >= 11 is 0. The zero-order valence-electron chi connectivity index (χ0n) is 17.2. The average molecular weight is 385 g/mol. The van der Waals surface area contributed by atoms with Gasteiger partial charge in [0, 0.05) is 24.0 Å². The number of fused-ring (bicyclic) bond motifs is 4. The van der Waals surface area contributed by atoms with Crippen LogP contribution >= 0.6 is 0 Å². The molecule has 28 heavy (non-hydrogen) atoms. The Labute approximate surface area is 167 Å². The molecule has 0 saturated carbocycles. The highest BCUT2D eigenvalue weighted by Gasteiger charge is 2.42. The Balaban J connectivity index is 1.71. The second-order valence-corrected chi connectivity index (χ2v) is 8.24. The third kappa shape index (κ3) is 3.58. The summed E-state index contributed by atoms with van der Waals surface area (Å²) in [5.74, 6) is 2.88. The normalized spacial score (nSPS) is 27.7. The van der Waals surface area contributed by atoms with Crippen LogP contribution in [-0.2, 0) is 0 Å². The highest BCUT2D eigenvalue weighted by molar-refractivity contribution is 5.84. The van der Waals surface area contributed by atoms with Gasteiger partial charge in [-0.25, -0.2) is 4.98 Å². The van der Waals surface area contributed by atoms with Gasteiger partial charge in [-0.3, -0.25) is 4.90 Å². The number of aliphatic hydroxyl groups is 1. The van der Waals surface area contributed by atoms with Crippen LogP contribution in [0.15, 0.2) is 24.3 Å². The van der Waals surface area contributed by atoms with Gasteiger partial charge in [-0.2, -0.15) is 0 Å². The van der Waals surface area contributed by atoms with Crippen molar-refractivity contribution >= 4 is 10.9 Å². The van der Waals surface area contributed by atoms with Gasteiger partial charge in [0.25, 0.3) is 0 Å². The smallest absolute Gasteiger partial charge is 0.214 e. The van der Waals surface area contributed by atoms with Crippen molar-refractivity contribution in [2.24, 2.45) is 11.8 Å². The Hall–Kier alpha value is -1.85. The largest absolute Gasteiger partial charge is 0.497 e. The first-order chi connectivity index (χ1) is 13.6. The van der Waals surface area contributed by atoms with Crippen molar-refractivity contribution in [1.82, 2.24) is 9.88 Å². The predicted octanol–water partition coefficient (Wildman–Crippen LogP) is 4.19. The number of pyridine rings is 1. The molecule has 5 atom stereocenters. The predicted molar refractivity (Wildman–Crippen MR) is 111 cm³/mol. The van der Waals surface area contributed by atoms with Crippen LogP contribution in [-0.4, -0.2) is 47.8 Å². The van der Waals surface area contributed by atoms with Gasteiger partial charge < -0.3 is 14.6 Å². The number of nitrogens with zero attached hydrogens (tertiary/aromatic N) is 2. The van der Waals surface area contributed by atoms with Crippen molar-refractivity contribution in [2.75, 3.05) is 26.8 Å². The minimum Gasteiger partial charge on any atom is -0.497 e. The summed E-state index contributed by atoms with van der Waals surface area (Å²) in [5, 5.41) is 12.4. The van der Waals surface area contributed by atoms with E-state index in [0.717, 1.165) is 60.0 Å². The van der Waals surface area contributed by atoms with Crippen LogP contribution in [0.2, 0.25) is 0 Å². The van der Waals surface area contributed by atoms with Crippen LogP contribution in [0, 0.1) is 11.8 Å². The molecule has 0 radical (unpaired) electrons. The maximum Gasteiger partial charge on any atom is 0.214 e. The summed E-state index contributed by atoms with van der Waals surface area (Å²) in [4.78, 5) is 7.14. The molecule has 3 saturated heterocycles. The lowest BCUT2D eigenvalue weighted by molar-refractivity contribution is -0.0562. The van der Waals surface area contributed by atoms with Crippen molar-refractivity contribution in [3.63, 3.8) is 0 Å². The number of methoxy groups -OCH3 is 1. The average Bonchev–Trinajstić information content (AvgIpc) is 2.76. The maximum atomic E-state index is 11.5. The van der Waals surface area contributed by atoms with Gasteiger partial charge in [0.15, 0.2) is 0 Å². The van der Waals surface area contributed by atoms with Gasteiger partial charge in [-0.05, 0) is 61.4 Å². The third-order valence-corrected chi connectivity index (χ3v) is 6.62. The molecule has 2 aromatic rings. The number of aromatic nitrogens is 1. The summed E-state index contributed by atoms with van der Waals surface area (Å²) in [6.07, 6.45) is 3.93. The third-order valence-electron chi connectivity index (χ3n) is 6.62. The van der Waals surface area contributed by atoms with Crippen molar-refractivity contribution in [1.29, 1.82) is 0 Å². The van der Waals surface area contributed by atoms with E-state index in [2.05, 4.69) is 23.7 Å². The Kier molecular flexibility index (Phi) is 5.74. The SMILES string of the molecule is CCCOc1cc(C(O)[C@H]2C[C@@H]3CCN2C[C@@H]3CC)c2cc(OC)ccc2n1. The summed E-state index contributed by atoms with van der Waals surface area (Å²) < 4.78 is 11.3. The quantitative estimate of drug-likeness (QED) is 0.776. The van der Waals surface area contributed by atoms with Gasteiger partial charge >= 0.3 is 0 Å². The van der Waals surface area contributed by atoms with Crippen LogP contribution in [0.5, 0.6) is 11.6 Å². The Morgan fingerprint density at radius 2 is 2.14 bits per heavy atom. The standard InChI is InChI=1S/C23H32N2O3/c1-4-10-28-22-13-19(18-12-17(27-3)6-7-20(18)24-22)23(26)21-11-16-8-9-25(21)14-15(16)5-2/h6-7,12-13,15-16,21,23,26H,4-5,8-11,14H2,1-3H3/t15-,16-,21+,23?/m0/s1. The minimum atomic E-state index is -0.554. The molecule has 4 heterocycles. The molecule has 0 spiro atoms. The van der Waals surface area contributed by atoms with E-state index in [4.69, 9.17) is 9.47 Å². The molecule has 1 aromatic heterocycles. The van der Waals surface area contributed by atoms with E-state index >= 15 is 0 Å².